The normalized spacial score (nSPS) is 20.3. The molecule has 154 valence electrons. The topological polar surface area (TPSA) is 46.3 Å². The monoisotopic (exact) mass is 461 g/mol. The zero-order chi connectivity index (χ0) is 21.0. The van der Waals surface area contributed by atoms with Crippen molar-refractivity contribution in [2.24, 2.45) is 19.9 Å². The van der Waals surface area contributed by atoms with Gasteiger partial charge in [0.25, 0.3) is 0 Å². The summed E-state index contributed by atoms with van der Waals surface area (Å²) in [7, 11) is -2.83. The quantitative estimate of drug-likeness (QED) is 0.158. The van der Waals surface area contributed by atoms with Crippen LogP contribution >= 0.6 is 36.7 Å². The van der Waals surface area contributed by atoms with Gasteiger partial charge in [-0.3, -0.25) is 0 Å². The van der Waals surface area contributed by atoms with E-state index < -0.39 is 8.56 Å². The predicted molar refractivity (Wildman–Crippen MR) is 132 cm³/mol. The maximum Gasteiger partial charge on any atom is 0.461 e. The summed E-state index contributed by atoms with van der Waals surface area (Å²) in [5.74, 6) is 2.49. The van der Waals surface area contributed by atoms with Crippen LogP contribution in [-0.2, 0) is 0 Å². The van der Waals surface area contributed by atoms with Crippen LogP contribution in [0.1, 0.15) is 63.4 Å². The Balaban J connectivity index is 1.83. The lowest BCUT2D eigenvalue weighted by Crippen LogP contribution is -2.28. The molecule has 0 spiro atoms. The van der Waals surface area contributed by atoms with Crippen molar-refractivity contribution in [3.63, 3.8) is 0 Å². The summed E-state index contributed by atoms with van der Waals surface area (Å²) >= 11 is 14.1. The van der Waals surface area contributed by atoms with Crippen LogP contribution in [-0.4, -0.2) is 30.6 Å². The van der Waals surface area contributed by atoms with Crippen molar-refractivity contribution in [2.75, 3.05) is 6.61 Å². The largest absolute Gasteiger partial charge is 0.494 e. The van der Waals surface area contributed by atoms with Crippen LogP contribution in [0.4, 0.5) is 0 Å². The fraction of sp³-hybridized carbons (Fsp3) is 0.571. The lowest BCUT2D eigenvalue weighted by atomic mass is 9.77. The highest BCUT2D eigenvalue weighted by Crippen LogP contribution is 2.37. The van der Waals surface area contributed by atoms with Crippen LogP contribution in [0.3, 0.4) is 0 Å². The summed E-state index contributed by atoms with van der Waals surface area (Å²) in [6.07, 6.45) is 8.72. The third kappa shape index (κ3) is 7.76. The van der Waals surface area contributed by atoms with E-state index in [9.17, 15) is 0 Å². The van der Waals surface area contributed by atoms with Gasteiger partial charge in [-0.1, -0.05) is 31.9 Å². The van der Waals surface area contributed by atoms with Crippen molar-refractivity contribution in [2.45, 2.75) is 63.8 Å². The number of hydrogen-bond acceptors (Lipinski definition) is 7. The van der Waals surface area contributed by atoms with E-state index in [1.807, 2.05) is 0 Å². The highest BCUT2D eigenvalue weighted by Gasteiger charge is 2.34. The molecule has 8 heteroatoms. The molecular formula is C21H27N3OS3Si. The molecule has 1 aliphatic carbocycles. The number of benzene rings is 1. The van der Waals surface area contributed by atoms with E-state index in [1.165, 1.54) is 44.1 Å². The number of nitrogens with zero attached hydrogens (tertiary/aromatic N) is 3. The molecule has 1 fully saturated rings. The smallest absolute Gasteiger partial charge is 0.461 e. The first kappa shape index (κ1) is 23.9. The number of rotatable bonds is 11. The first-order valence-corrected chi connectivity index (χ1v) is 13.4. The van der Waals surface area contributed by atoms with Crippen LogP contribution in [0.15, 0.2) is 38.2 Å². The molecule has 0 N–H and O–H groups in total. The maximum atomic E-state index is 5.89. The molecule has 0 atom stereocenters. The van der Waals surface area contributed by atoms with Gasteiger partial charge in [0.15, 0.2) is 0 Å². The highest BCUT2D eigenvalue weighted by atomic mass is 32.1. The van der Waals surface area contributed by atoms with Crippen LogP contribution < -0.4 is 4.74 Å². The summed E-state index contributed by atoms with van der Waals surface area (Å²) in [6, 6.07) is 9.13. The summed E-state index contributed by atoms with van der Waals surface area (Å²) in [5, 5.41) is 7.06. The molecule has 0 saturated heterocycles. The Hall–Kier alpha value is -1.36. The molecule has 1 aliphatic rings. The Morgan fingerprint density at radius 1 is 0.966 bits per heavy atom. The highest BCUT2D eigenvalue weighted by molar-refractivity contribution is 7.78. The van der Waals surface area contributed by atoms with E-state index >= 15 is 0 Å². The number of thiocarbonyl (C=S) groups is 3. The summed E-state index contributed by atoms with van der Waals surface area (Å²) in [5.41, 5.74) is 1.43. The number of hydrogen-bond donors (Lipinski definition) is 0. The third-order valence-corrected chi connectivity index (χ3v) is 8.69. The first-order chi connectivity index (χ1) is 14.2. The van der Waals surface area contributed by atoms with Crippen LogP contribution in [0.5, 0.6) is 5.75 Å². The zero-order valence-corrected chi connectivity index (χ0v) is 20.3. The third-order valence-electron chi connectivity index (χ3n) is 5.49. The van der Waals surface area contributed by atoms with E-state index in [-0.39, 0.29) is 0 Å². The van der Waals surface area contributed by atoms with Gasteiger partial charge in [0, 0.05) is 6.04 Å². The molecule has 1 saturated carbocycles. The molecule has 29 heavy (non-hydrogen) atoms. The second kappa shape index (κ2) is 13.0. The minimum absolute atomic E-state index is 0.531. The van der Waals surface area contributed by atoms with Gasteiger partial charge in [0.2, 0.25) is 0 Å². The second-order valence-corrected chi connectivity index (χ2v) is 10.7. The molecule has 0 aromatic heterocycles. The SMILES string of the molecule is CCCC1CCC(c2ccc(OCCC[Si](N=C=S)(N=C=S)N=C=S)cc2)CC1. The Bertz CT molecular complexity index is 744. The zero-order valence-electron chi connectivity index (χ0n) is 16.8. The number of isothiocyanates is 3. The van der Waals surface area contributed by atoms with Crippen LogP contribution in [0.25, 0.3) is 0 Å². The molecule has 1 aromatic rings. The lowest BCUT2D eigenvalue weighted by Gasteiger charge is -2.28. The van der Waals surface area contributed by atoms with E-state index in [4.69, 9.17) is 41.4 Å². The predicted octanol–water partition coefficient (Wildman–Crippen LogP) is 6.78. The van der Waals surface area contributed by atoms with E-state index in [0.29, 0.717) is 25.0 Å². The van der Waals surface area contributed by atoms with Gasteiger partial charge in [0.05, 0.1) is 22.1 Å². The summed E-state index contributed by atoms with van der Waals surface area (Å²) < 4.78 is 18.2. The van der Waals surface area contributed by atoms with Gasteiger partial charge in [-0.05, 0) is 98.3 Å². The molecule has 0 amide bonds. The minimum atomic E-state index is -2.83. The Morgan fingerprint density at radius 2 is 1.55 bits per heavy atom. The molecule has 1 aromatic carbocycles. The molecule has 0 aliphatic heterocycles. The second-order valence-electron chi connectivity index (χ2n) is 7.41. The average Bonchev–Trinajstić information content (AvgIpc) is 2.73. The summed E-state index contributed by atoms with van der Waals surface area (Å²) in [6.45, 7) is 2.82. The first-order valence-electron chi connectivity index (χ1n) is 10.2. The molecule has 2 rings (SSSR count). The molecule has 0 unspecified atom stereocenters. The molecule has 0 bridgehead atoms. The van der Waals surface area contributed by atoms with Crippen LogP contribution in [0.2, 0.25) is 6.04 Å². The average molecular weight is 462 g/mol. The Labute approximate surface area is 190 Å². The molecule has 0 heterocycles. The van der Waals surface area contributed by atoms with Crippen LogP contribution in [0, 0.1) is 5.92 Å². The van der Waals surface area contributed by atoms with Gasteiger partial charge in [0.1, 0.15) is 5.75 Å². The number of ether oxygens (including phenoxy) is 1. The van der Waals surface area contributed by atoms with Crippen molar-refractivity contribution >= 4 is 60.7 Å². The fourth-order valence-corrected chi connectivity index (χ4v) is 6.85. The van der Waals surface area contributed by atoms with Crippen molar-refractivity contribution < 1.29 is 4.74 Å². The fourth-order valence-electron chi connectivity index (χ4n) is 3.99. The maximum absolute atomic E-state index is 5.89. The Morgan fingerprint density at radius 3 is 2.07 bits per heavy atom. The van der Waals surface area contributed by atoms with Gasteiger partial charge in [-0.2, -0.15) is 0 Å². The standard InChI is InChI=1S/C21H27N3OS3Si/c1-2-4-18-5-7-19(8-6-18)20-9-11-21(12-10-20)25-13-3-14-29(22-15-26,23-16-27)24-17-28/h9-12,18-19H,2-8,13-14H2,1H3. The van der Waals surface area contributed by atoms with Crippen molar-refractivity contribution in [1.29, 1.82) is 0 Å². The summed E-state index contributed by atoms with van der Waals surface area (Å²) in [4.78, 5) is 0. The van der Waals surface area contributed by atoms with Gasteiger partial charge >= 0.3 is 8.56 Å². The van der Waals surface area contributed by atoms with Crippen molar-refractivity contribution in [1.82, 2.24) is 0 Å². The lowest BCUT2D eigenvalue weighted by molar-refractivity contribution is 0.306. The van der Waals surface area contributed by atoms with Gasteiger partial charge in [-0.15, -0.1) is 0 Å². The molecule has 0 radical (unpaired) electrons. The molecule has 4 nitrogen and oxygen atoms in total. The van der Waals surface area contributed by atoms with Crippen molar-refractivity contribution in [3.05, 3.63) is 29.8 Å². The minimum Gasteiger partial charge on any atom is -0.494 e. The van der Waals surface area contributed by atoms with Crippen molar-refractivity contribution in [3.8, 4) is 5.75 Å². The van der Waals surface area contributed by atoms with E-state index in [0.717, 1.165) is 11.7 Å². The van der Waals surface area contributed by atoms with Gasteiger partial charge in [-0.25, -0.2) is 14.0 Å². The molecular weight excluding hydrogens is 435 g/mol. The van der Waals surface area contributed by atoms with E-state index in [2.05, 4.69) is 60.6 Å². The Kier molecular flexibility index (Phi) is 10.8. The van der Waals surface area contributed by atoms with Gasteiger partial charge < -0.3 is 4.74 Å². The van der Waals surface area contributed by atoms with E-state index in [1.54, 1.807) is 0 Å².